The number of nitrogens with one attached hydrogen (secondary N) is 3. The summed E-state index contributed by atoms with van der Waals surface area (Å²) >= 11 is 0. The normalized spacial score (nSPS) is 18.3. The number of carbonyl (C=O) groups excluding carboxylic acids is 4. The fourth-order valence-electron chi connectivity index (χ4n) is 4.27. The highest BCUT2D eigenvalue weighted by molar-refractivity contribution is 5.93. The smallest absolute Gasteiger partial charge is 0.407 e. The van der Waals surface area contributed by atoms with Gasteiger partial charge in [0.05, 0.1) is 7.11 Å². The van der Waals surface area contributed by atoms with Crippen LogP contribution in [-0.2, 0) is 30.5 Å². The zero-order valence-electron chi connectivity index (χ0n) is 20.8. The van der Waals surface area contributed by atoms with Crippen molar-refractivity contribution in [2.45, 2.75) is 63.3 Å². The largest absolute Gasteiger partial charge is 0.467 e. The molecule has 1 heterocycles. The number of likely N-dealkylation sites (tertiary alicyclic amines) is 1. The van der Waals surface area contributed by atoms with Crippen LogP contribution in [-0.4, -0.2) is 78.3 Å². The molecular formula is C25H34N4O8. The molecule has 1 aromatic carbocycles. The van der Waals surface area contributed by atoms with Gasteiger partial charge >= 0.3 is 18.2 Å². The Labute approximate surface area is 215 Å². The van der Waals surface area contributed by atoms with Crippen molar-refractivity contribution in [3.05, 3.63) is 35.9 Å². The highest BCUT2D eigenvalue weighted by Gasteiger charge is 2.42. The van der Waals surface area contributed by atoms with Gasteiger partial charge in [-0.05, 0) is 50.0 Å². The van der Waals surface area contributed by atoms with Crippen molar-refractivity contribution in [1.82, 2.24) is 20.9 Å². The fourth-order valence-corrected chi connectivity index (χ4v) is 4.27. The van der Waals surface area contributed by atoms with Crippen molar-refractivity contribution in [3.63, 3.8) is 0 Å². The molecule has 12 nitrogen and oxygen atoms in total. The molecule has 2 fully saturated rings. The minimum Gasteiger partial charge on any atom is -0.467 e. The molecule has 1 aromatic rings. The molecule has 3 atom stereocenters. The first-order valence-corrected chi connectivity index (χ1v) is 12.4. The molecule has 202 valence electrons. The molecule has 2 unspecified atom stereocenters. The van der Waals surface area contributed by atoms with Gasteiger partial charge in [-0.3, -0.25) is 14.5 Å². The van der Waals surface area contributed by atoms with E-state index in [9.17, 15) is 29.1 Å². The molecule has 12 heteroatoms. The second-order valence-electron chi connectivity index (χ2n) is 9.17. The number of alkyl carbamates (subject to hydrolysis) is 1. The third kappa shape index (κ3) is 8.36. The van der Waals surface area contributed by atoms with Crippen molar-refractivity contribution in [1.29, 1.82) is 0 Å². The lowest BCUT2D eigenvalue weighted by atomic mass is 10.1. The van der Waals surface area contributed by atoms with Crippen LogP contribution in [0.3, 0.4) is 0 Å². The molecule has 1 aliphatic carbocycles. The Balaban J connectivity index is 1.47. The van der Waals surface area contributed by atoms with Crippen molar-refractivity contribution in [2.24, 2.45) is 5.92 Å². The van der Waals surface area contributed by atoms with Crippen LogP contribution in [0.4, 0.5) is 9.59 Å². The van der Waals surface area contributed by atoms with E-state index in [0.29, 0.717) is 19.3 Å². The Morgan fingerprint density at radius 1 is 1.08 bits per heavy atom. The number of carboxylic acid groups (broad SMARTS) is 1. The Kier molecular flexibility index (Phi) is 10.1. The van der Waals surface area contributed by atoms with E-state index in [2.05, 4.69) is 16.0 Å². The van der Waals surface area contributed by atoms with Crippen LogP contribution in [0.2, 0.25) is 0 Å². The Morgan fingerprint density at radius 3 is 2.46 bits per heavy atom. The number of hydrogen-bond acceptors (Lipinski definition) is 7. The number of ether oxygens (including phenoxy) is 2. The van der Waals surface area contributed by atoms with Gasteiger partial charge in [0.2, 0.25) is 11.8 Å². The highest BCUT2D eigenvalue weighted by Crippen LogP contribution is 2.33. The van der Waals surface area contributed by atoms with Gasteiger partial charge in [0.1, 0.15) is 24.7 Å². The van der Waals surface area contributed by atoms with Crippen molar-refractivity contribution in [2.75, 3.05) is 20.2 Å². The van der Waals surface area contributed by atoms with Gasteiger partial charge in [0.25, 0.3) is 0 Å². The number of benzene rings is 1. The Hall–Kier alpha value is -3.83. The monoisotopic (exact) mass is 518 g/mol. The second kappa shape index (κ2) is 13.5. The highest BCUT2D eigenvalue weighted by atomic mass is 16.5. The summed E-state index contributed by atoms with van der Waals surface area (Å²) < 4.78 is 9.96. The maximum Gasteiger partial charge on any atom is 0.407 e. The van der Waals surface area contributed by atoms with E-state index in [4.69, 9.17) is 9.47 Å². The Morgan fingerprint density at radius 2 is 1.81 bits per heavy atom. The zero-order chi connectivity index (χ0) is 26.8. The number of rotatable bonds is 12. The van der Waals surface area contributed by atoms with E-state index < -0.39 is 48.1 Å². The van der Waals surface area contributed by atoms with Crippen molar-refractivity contribution in [3.8, 4) is 0 Å². The predicted octanol–water partition coefficient (Wildman–Crippen LogP) is 1.39. The molecule has 1 saturated carbocycles. The van der Waals surface area contributed by atoms with Gasteiger partial charge in [-0.2, -0.15) is 0 Å². The van der Waals surface area contributed by atoms with Gasteiger partial charge in [0.15, 0.2) is 0 Å². The molecule has 0 spiro atoms. The molecule has 4 N–H and O–H groups in total. The van der Waals surface area contributed by atoms with E-state index in [-0.39, 0.29) is 32.0 Å². The Bertz CT molecular complexity index is 969. The quantitative estimate of drug-likeness (QED) is 0.238. The van der Waals surface area contributed by atoms with Gasteiger partial charge in [-0.1, -0.05) is 30.3 Å². The van der Waals surface area contributed by atoms with E-state index >= 15 is 0 Å². The van der Waals surface area contributed by atoms with Gasteiger partial charge in [-0.15, -0.1) is 0 Å². The maximum atomic E-state index is 13.0. The zero-order valence-corrected chi connectivity index (χ0v) is 20.8. The molecule has 0 radical (unpaired) electrons. The average Bonchev–Trinajstić information content (AvgIpc) is 3.61. The maximum absolute atomic E-state index is 13.0. The lowest BCUT2D eigenvalue weighted by Crippen LogP contribution is -2.56. The summed E-state index contributed by atoms with van der Waals surface area (Å²) in [6, 6.07) is 6.54. The van der Waals surface area contributed by atoms with Crippen LogP contribution in [0.25, 0.3) is 0 Å². The molecular weight excluding hydrogens is 484 g/mol. The summed E-state index contributed by atoms with van der Waals surface area (Å²) in [6.45, 7) is 0.616. The average molecular weight is 519 g/mol. The molecule has 0 bridgehead atoms. The van der Waals surface area contributed by atoms with Crippen molar-refractivity contribution < 1.29 is 38.6 Å². The number of hydrogen-bond donors (Lipinski definition) is 4. The third-order valence-electron chi connectivity index (χ3n) is 6.43. The van der Waals surface area contributed by atoms with Gasteiger partial charge < -0.3 is 30.5 Å². The number of amides is 4. The molecule has 1 saturated heterocycles. The van der Waals surface area contributed by atoms with Crippen LogP contribution in [0.15, 0.2) is 30.3 Å². The number of carbonyl (C=O) groups is 5. The first-order chi connectivity index (χ1) is 17.8. The molecule has 0 aromatic heterocycles. The summed E-state index contributed by atoms with van der Waals surface area (Å²) in [4.78, 5) is 62.4. The fraction of sp³-hybridized carbons (Fsp3) is 0.560. The predicted molar refractivity (Wildman–Crippen MR) is 130 cm³/mol. The van der Waals surface area contributed by atoms with Crippen LogP contribution >= 0.6 is 0 Å². The minimum absolute atomic E-state index is 0.0806. The van der Waals surface area contributed by atoms with E-state index in [1.165, 1.54) is 7.11 Å². The topological polar surface area (TPSA) is 163 Å². The molecule has 1 aliphatic heterocycles. The summed E-state index contributed by atoms with van der Waals surface area (Å²) in [5, 5.41) is 17.3. The van der Waals surface area contributed by atoms with E-state index in [1.54, 1.807) is 0 Å². The number of nitrogens with zero attached hydrogens (tertiary/aromatic N) is 1. The molecule has 37 heavy (non-hydrogen) atoms. The number of esters is 1. The summed E-state index contributed by atoms with van der Waals surface area (Å²) in [5.41, 5.74) is 0.854. The molecule has 4 amide bonds. The van der Waals surface area contributed by atoms with Gasteiger partial charge in [0, 0.05) is 13.1 Å². The van der Waals surface area contributed by atoms with Crippen LogP contribution < -0.4 is 16.0 Å². The van der Waals surface area contributed by atoms with Crippen LogP contribution in [0.5, 0.6) is 0 Å². The summed E-state index contributed by atoms with van der Waals surface area (Å²) in [6.07, 6.45) is 1.22. The number of methoxy groups -OCH3 is 1. The summed E-state index contributed by atoms with van der Waals surface area (Å²) in [5.74, 6) is -1.77. The first-order valence-electron chi connectivity index (χ1n) is 12.4. The second-order valence-corrected chi connectivity index (χ2v) is 9.17. The standard InChI is InChI=1S/C25H34N4O8/c1-36-23(32)18(9-5-13-26-24(33)37-15-16-7-3-2-4-8-16)27-22(31)20(17-11-12-17)28-21(30)19-10-6-14-29(19)25(34)35/h2-4,7-8,17-20H,5-6,9-15H2,1H3,(H,26,33)(H,27,31)(H,28,30)(H,34,35)/t18?,19-,20?/m0/s1. The third-order valence-corrected chi connectivity index (χ3v) is 6.43. The summed E-state index contributed by atoms with van der Waals surface area (Å²) in [7, 11) is 1.21. The molecule has 2 aliphatic rings. The lowest BCUT2D eigenvalue weighted by Gasteiger charge is -2.25. The molecule has 3 rings (SSSR count). The van der Waals surface area contributed by atoms with E-state index in [1.807, 2.05) is 30.3 Å². The SMILES string of the molecule is COC(=O)C(CCCNC(=O)OCc1ccccc1)NC(=O)C(NC(=O)[C@@H]1CCCN1C(=O)O)C1CC1. The lowest BCUT2D eigenvalue weighted by molar-refractivity contribution is -0.145. The van der Waals surface area contributed by atoms with Crippen molar-refractivity contribution >= 4 is 30.0 Å². The van der Waals surface area contributed by atoms with Crippen LogP contribution in [0, 0.1) is 5.92 Å². The van der Waals surface area contributed by atoms with Crippen LogP contribution in [0.1, 0.15) is 44.1 Å². The minimum atomic E-state index is -1.17. The van der Waals surface area contributed by atoms with E-state index in [0.717, 1.165) is 23.3 Å². The first kappa shape index (κ1) is 27.8. The van der Waals surface area contributed by atoms with Gasteiger partial charge in [-0.25, -0.2) is 14.4 Å².